The lowest BCUT2D eigenvalue weighted by Gasteiger charge is -2.09. The van der Waals surface area contributed by atoms with Crippen LogP contribution in [0.15, 0.2) is 34.5 Å². The molecule has 0 aliphatic heterocycles. The van der Waals surface area contributed by atoms with Gasteiger partial charge in [-0.1, -0.05) is 12.1 Å². The summed E-state index contributed by atoms with van der Waals surface area (Å²) in [6, 6.07) is 6.28. The summed E-state index contributed by atoms with van der Waals surface area (Å²) < 4.78 is 26.9. The third-order valence-corrected chi connectivity index (χ3v) is 5.10. The van der Waals surface area contributed by atoms with Crippen LogP contribution in [0.3, 0.4) is 0 Å². The molecule has 108 valence electrons. The summed E-state index contributed by atoms with van der Waals surface area (Å²) >= 11 is 1.42. The van der Waals surface area contributed by atoms with Crippen LogP contribution in [0, 0.1) is 6.92 Å². The molecular weight excluding hydrogens is 296 g/mol. The van der Waals surface area contributed by atoms with Crippen LogP contribution in [0.2, 0.25) is 0 Å². The second-order valence-corrected chi connectivity index (χ2v) is 7.17. The van der Waals surface area contributed by atoms with Gasteiger partial charge in [-0.25, -0.2) is 18.1 Å². The monoisotopic (exact) mass is 312 g/mol. The summed E-state index contributed by atoms with van der Waals surface area (Å²) in [5.41, 5.74) is 1.44. The van der Waals surface area contributed by atoms with Crippen molar-refractivity contribution in [2.24, 2.45) is 0 Å². The van der Waals surface area contributed by atoms with Crippen LogP contribution in [0.1, 0.15) is 29.3 Å². The fraction of sp³-hybridized carbons (Fsp3) is 0.308. The Hall–Kier alpha value is -1.28. The lowest BCUT2D eigenvalue weighted by Crippen LogP contribution is -2.23. The number of nitrogens with one attached hydrogen (secondary N) is 1. The lowest BCUT2D eigenvalue weighted by atomic mass is 10.1. The Labute approximate surface area is 122 Å². The molecule has 0 amide bonds. The summed E-state index contributed by atoms with van der Waals surface area (Å²) in [7, 11) is -3.60. The Balaban J connectivity index is 2.15. The van der Waals surface area contributed by atoms with Gasteiger partial charge in [0.15, 0.2) is 0 Å². The minimum Gasteiger partial charge on any atom is -0.389 e. The van der Waals surface area contributed by atoms with Gasteiger partial charge >= 0.3 is 0 Å². The first-order valence-corrected chi connectivity index (χ1v) is 8.43. The van der Waals surface area contributed by atoms with Gasteiger partial charge in [-0.05, 0) is 31.5 Å². The van der Waals surface area contributed by atoms with Crippen LogP contribution in [-0.2, 0) is 16.6 Å². The molecule has 1 atom stereocenters. The van der Waals surface area contributed by atoms with Crippen molar-refractivity contribution < 1.29 is 13.5 Å². The van der Waals surface area contributed by atoms with Crippen LogP contribution < -0.4 is 4.72 Å². The van der Waals surface area contributed by atoms with E-state index in [0.717, 1.165) is 10.7 Å². The molecule has 0 aliphatic carbocycles. The highest BCUT2D eigenvalue weighted by Crippen LogP contribution is 2.17. The molecule has 0 fully saturated rings. The number of aliphatic hydroxyl groups is 1. The molecule has 0 spiro atoms. The van der Waals surface area contributed by atoms with E-state index in [4.69, 9.17) is 0 Å². The number of rotatable bonds is 5. The Kier molecular flexibility index (Phi) is 4.54. The van der Waals surface area contributed by atoms with Crippen LogP contribution in [0.25, 0.3) is 0 Å². The summed E-state index contributed by atoms with van der Waals surface area (Å²) in [6.07, 6.45) is -0.702. The third-order valence-electron chi connectivity index (χ3n) is 2.73. The second kappa shape index (κ2) is 6.01. The third kappa shape index (κ3) is 3.63. The fourth-order valence-corrected chi connectivity index (χ4v) is 3.51. The van der Waals surface area contributed by atoms with E-state index in [1.165, 1.54) is 23.5 Å². The summed E-state index contributed by atoms with van der Waals surface area (Å²) in [6.45, 7) is 3.62. The number of thiazole rings is 1. The molecule has 1 heterocycles. The average molecular weight is 312 g/mol. The first-order valence-electron chi connectivity index (χ1n) is 6.07. The Morgan fingerprint density at radius 1 is 1.45 bits per heavy atom. The van der Waals surface area contributed by atoms with Gasteiger partial charge in [0.05, 0.1) is 17.5 Å². The predicted molar refractivity (Wildman–Crippen MR) is 78.0 cm³/mol. The Bertz CT molecular complexity index is 693. The first kappa shape index (κ1) is 15.1. The van der Waals surface area contributed by atoms with Gasteiger partial charge in [-0.2, -0.15) is 0 Å². The van der Waals surface area contributed by atoms with E-state index in [9.17, 15) is 13.5 Å². The van der Waals surface area contributed by atoms with Crippen molar-refractivity contribution >= 4 is 21.4 Å². The number of hydrogen-bond acceptors (Lipinski definition) is 5. The van der Waals surface area contributed by atoms with E-state index in [1.54, 1.807) is 19.1 Å². The van der Waals surface area contributed by atoms with Gasteiger partial charge in [-0.15, -0.1) is 11.3 Å². The highest BCUT2D eigenvalue weighted by Gasteiger charge is 2.15. The molecular formula is C13H16N2O3S2. The molecule has 2 aromatic rings. The van der Waals surface area contributed by atoms with Crippen LogP contribution >= 0.6 is 11.3 Å². The van der Waals surface area contributed by atoms with E-state index < -0.39 is 16.1 Å². The number of benzene rings is 1. The normalized spacial score (nSPS) is 13.3. The zero-order valence-corrected chi connectivity index (χ0v) is 12.8. The molecule has 0 saturated heterocycles. The van der Waals surface area contributed by atoms with E-state index in [-0.39, 0.29) is 11.4 Å². The molecule has 1 aromatic heterocycles. The number of hydrogen-bond donors (Lipinski definition) is 2. The fourth-order valence-electron chi connectivity index (χ4n) is 1.67. The van der Waals surface area contributed by atoms with Crippen molar-refractivity contribution in [2.75, 3.05) is 0 Å². The minimum absolute atomic E-state index is 0.143. The summed E-state index contributed by atoms with van der Waals surface area (Å²) in [4.78, 5) is 4.35. The maximum Gasteiger partial charge on any atom is 0.240 e. The van der Waals surface area contributed by atoms with Crippen molar-refractivity contribution in [2.45, 2.75) is 31.4 Å². The van der Waals surface area contributed by atoms with Gasteiger partial charge in [0, 0.05) is 11.1 Å². The zero-order chi connectivity index (χ0) is 14.8. The zero-order valence-electron chi connectivity index (χ0n) is 11.2. The molecule has 0 bridgehead atoms. The molecule has 20 heavy (non-hydrogen) atoms. The first-order chi connectivity index (χ1) is 9.38. The smallest absolute Gasteiger partial charge is 0.240 e. The number of aromatic nitrogens is 1. The molecule has 0 radical (unpaired) electrons. The quantitative estimate of drug-likeness (QED) is 0.885. The largest absolute Gasteiger partial charge is 0.389 e. The molecule has 5 nitrogen and oxygen atoms in total. The summed E-state index contributed by atoms with van der Waals surface area (Å²) in [5.74, 6) is 0. The van der Waals surface area contributed by atoms with Gasteiger partial charge in [0.1, 0.15) is 5.01 Å². The van der Waals surface area contributed by atoms with Crippen molar-refractivity contribution in [3.63, 3.8) is 0 Å². The standard InChI is InChI=1S/C13H16N2O3S2/c1-9-8-19-13(15-9)7-14-20(17,18)12-5-3-4-11(6-12)10(2)16/h3-6,8,10,14,16H,7H2,1-2H3. The number of sulfonamides is 1. The van der Waals surface area contributed by atoms with Crippen LogP contribution in [0.5, 0.6) is 0 Å². The molecule has 7 heteroatoms. The molecule has 0 aliphatic rings. The van der Waals surface area contributed by atoms with Crippen molar-refractivity contribution in [3.8, 4) is 0 Å². The van der Waals surface area contributed by atoms with Gasteiger partial charge in [0.2, 0.25) is 10.0 Å². The highest BCUT2D eigenvalue weighted by atomic mass is 32.2. The topological polar surface area (TPSA) is 79.3 Å². The SMILES string of the molecule is Cc1csc(CNS(=O)(=O)c2cccc(C(C)O)c2)n1. The van der Waals surface area contributed by atoms with E-state index in [1.807, 2.05) is 12.3 Å². The molecule has 1 unspecified atom stereocenters. The minimum atomic E-state index is -3.60. The van der Waals surface area contributed by atoms with E-state index in [2.05, 4.69) is 9.71 Å². The number of nitrogens with zero attached hydrogens (tertiary/aromatic N) is 1. The maximum atomic E-state index is 12.2. The predicted octanol–water partition coefficient (Wildman–Crippen LogP) is 1.98. The Morgan fingerprint density at radius 2 is 2.20 bits per heavy atom. The second-order valence-electron chi connectivity index (χ2n) is 4.46. The molecule has 0 saturated carbocycles. The molecule has 1 aromatic carbocycles. The van der Waals surface area contributed by atoms with Gasteiger partial charge < -0.3 is 5.11 Å². The Morgan fingerprint density at radius 3 is 2.80 bits per heavy atom. The highest BCUT2D eigenvalue weighted by molar-refractivity contribution is 7.89. The van der Waals surface area contributed by atoms with E-state index in [0.29, 0.717) is 5.56 Å². The van der Waals surface area contributed by atoms with Crippen molar-refractivity contribution in [1.29, 1.82) is 0 Å². The average Bonchev–Trinajstić information content (AvgIpc) is 2.82. The van der Waals surface area contributed by atoms with E-state index >= 15 is 0 Å². The van der Waals surface area contributed by atoms with Crippen molar-refractivity contribution in [1.82, 2.24) is 9.71 Å². The van der Waals surface area contributed by atoms with Crippen molar-refractivity contribution in [3.05, 3.63) is 45.9 Å². The van der Waals surface area contributed by atoms with Crippen LogP contribution in [0.4, 0.5) is 0 Å². The molecule has 2 rings (SSSR count). The number of aryl methyl sites for hydroxylation is 1. The van der Waals surface area contributed by atoms with Gasteiger partial charge in [-0.3, -0.25) is 0 Å². The lowest BCUT2D eigenvalue weighted by molar-refractivity contribution is 0.199. The van der Waals surface area contributed by atoms with Gasteiger partial charge in [0.25, 0.3) is 0 Å². The summed E-state index contributed by atoms with van der Waals surface area (Å²) in [5, 5.41) is 12.1. The maximum absolute atomic E-state index is 12.2. The molecule has 2 N–H and O–H groups in total. The number of aliphatic hydroxyl groups excluding tert-OH is 1. The van der Waals surface area contributed by atoms with Crippen LogP contribution in [-0.4, -0.2) is 18.5 Å².